The Morgan fingerprint density at radius 2 is 1.38 bits per heavy atom. The van der Waals surface area contributed by atoms with Crippen LogP contribution in [0.5, 0.6) is 11.5 Å². The molecule has 0 aliphatic carbocycles. The average molecular weight is 494 g/mol. The first-order chi connectivity index (χ1) is 17.8. The summed E-state index contributed by atoms with van der Waals surface area (Å²) >= 11 is 0. The van der Waals surface area contributed by atoms with E-state index in [9.17, 15) is 4.79 Å². The fraction of sp³-hybridized carbons (Fsp3) is 0.242. The molecule has 0 bridgehead atoms. The van der Waals surface area contributed by atoms with Crippen molar-refractivity contribution in [3.63, 3.8) is 0 Å². The summed E-state index contributed by atoms with van der Waals surface area (Å²) in [6.07, 6.45) is 0. The minimum atomic E-state index is -0.262. The molecule has 4 heteroatoms. The van der Waals surface area contributed by atoms with Gasteiger partial charge in [-0.25, -0.2) is 0 Å². The number of amides is 1. The molecule has 0 aliphatic rings. The van der Waals surface area contributed by atoms with Gasteiger partial charge in [0, 0.05) is 11.1 Å². The molecule has 1 amide bonds. The number of benzene rings is 4. The van der Waals surface area contributed by atoms with Crippen molar-refractivity contribution in [3.8, 4) is 11.5 Å². The summed E-state index contributed by atoms with van der Waals surface area (Å²) < 4.78 is 11.9. The average Bonchev–Trinajstić information content (AvgIpc) is 2.92. The Morgan fingerprint density at radius 1 is 0.784 bits per heavy atom. The van der Waals surface area contributed by atoms with Crippen molar-refractivity contribution < 1.29 is 14.3 Å². The van der Waals surface area contributed by atoms with Crippen LogP contribution in [0.2, 0.25) is 0 Å². The first-order valence-electron chi connectivity index (χ1n) is 12.7. The third-order valence-electron chi connectivity index (χ3n) is 6.28. The Labute approximate surface area is 220 Å². The lowest BCUT2D eigenvalue weighted by Gasteiger charge is -2.21. The van der Waals surface area contributed by atoms with Gasteiger partial charge in [-0.2, -0.15) is 0 Å². The van der Waals surface area contributed by atoms with Gasteiger partial charge in [0.05, 0.1) is 12.6 Å². The molecular formula is C33H35NO3. The van der Waals surface area contributed by atoms with Gasteiger partial charge in [-0.1, -0.05) is 93.6 Å². The number of ether oxygens (including phenoxy) is 2. The van der Waals surface area contributed by atoms with Gasteiger partial charge in [0.1, 0.15) is 18.1 Å². The number of nitrogens with one attached hydrogen (secondary N) is 1. The molecule has 0 aromatic heterocycles. The van der Waals surface area contributed by atoms with Crippen molar-refractivity contribution >= 4 is 5.91 Å². The molecule has 4 aromatic carbocycles. The first kappa shape index (κ1) is 26.0. The lowest BCUT2D eigenvalue weighted by molar-refractivity contribution is 0.0942. The van der Waals surface area contributed by atoms with Crippen LogP contribution in [0.25, 0.3) is 0 Å². The van der Waals surface area contributed by atoms with Crippen LogP contribution in [0.3, 0.4) is 0 Å². The van der Waals surface area contributed by atoms with Gasteiger partial charge < -0.3 is 14.8 Å². The fourth-order valence-corrected chi connectivity index (χ4v) is 4.21. The number of carbonyl (C=O) groups excluding carboxylic acids is 1. The molecule has 0 radical (unpaired) electrons. The Kier molecular flexibility index (Phi) is 8.29. The summed E-state index contributed by atoms with van der Waals surface area (Å²) in [5.74, 6) is 1.34. The lowest BCUT2D eigenvalue weighted by atomic mass is 9.87. The molecule has 4 nitrogen and oxygen atoms in total. The van der Waals surface area contributed by atoms with E-state index in [1.807, 2.05) is 91.9 Å². The van der Waals surface area contributed by atoms with Crippen molar-refractivity contribution in [1.82, 2.24) is 5.32 Å². The molecule has 0 aliphatic heterocycles. The van der Waals surface area contributed by atoms with Crippen LogP contribution in [0.4, 0.5) is 0 Å². The molecule has 37 heavy (non-hydrogen) atoms. The molecule has 0 unspecified atom stereocenters. The smallest absolute Gasteiger partial charge is 0.252 e. The van der Waals surface area contributed by atoms with E-state index in [1.165, 1.54) is 5.56 Å². The maximum atomic E-state index is 13.4. The van der Waals surface area contributed by atoms with Gasteiger partial charge in [0.2, 0.25) is 0 Å². The molecule has 0 saturated heterocycles. The highest BCUT2D eigenvalue weighted by atomic mass is 16.5. The highest BCUT2D eigenvalue weighted by Crippen LogP contribution is 2.27. The zero-order valence-electron chi connectivity index (χ0n) is 22.0. The van der Waals surface area contributed by atoms with E-state index in [0.717, 1.165) is 22.4 Å². The van der Waals surface area contributed by atoms with Gasteiger partial charge in [-0.15, -0.1) is 0 Å². The monoisotopic (exact) mass is 493 g/mol. The predicted octanol–water partition coefficient (Wildman–Crippen LogP) is 7.48. The SMILES string of the molecule is CCOc1ccc(C(=O)NC(c2ccccc2)c2ccccc2)cc1COc1ccc(C(C)(C)C)cc1. The topological polar surface area (TPSA) is 47.6 Å². The quantitative estimate of drug-likeness (QED) is 0.263. The predicted molar refractivity (Wildman–Crippen MR) is 149 cm³/mol. The zero-order valence-corrected chi connectivity index (χ0v) is 22.0. The Balaban J connectivity index is 1.55. The van der Waals surface area contributed by atoms with E-state index in [0.29, 0.717) is 24.5 Å². The first-order valence-corrected chi connectivity index (χ1v) is 12.7. The molecule has 0 heterocycles. The van der Waals surface area contributed by atoms with Crippen molar-refractivity contribution in [2.45, 2.75) is 45.8 Å². The molecular weight excluding hydrogens is 458 g/mol. The minimum absolute atomic E-state index is 0.0831. The molecule has 0 saturated carbocycles. The Morgan fingerprint density at radius 3 is 1.92 bits per heavy atom. The zero-order chi connectivity index (χ0) is 26.3. The number of hydrogen-bond acceptors (Lipinski definition) is 3. The largest absolute Gasteiger partial charge is 0.493 e. The standard InChI is InChI=1S/C33H35NO3/c1-5-36-30-21-16-26(22-27(30)23-37-29-19-17-28(18-20-29)33(2,3)4)32(35)34-31(24-12-8-6-9-13-24)25-14-10-7-11-15-25/h6-22,31H,5,23H2,1-4H3,(H,34,35). The maximum Gasteiger partial charge on any atom is 0.252 e. The second kappa shape index (κ2) is 11.8. The van der Waals surface area contributed by atoms with E-state index in [1.54, 1.807) is 6.07 Å². The number of carbonyl (C=O) groups is 1. The van der Waals surface area contributed by atoms with Crippen LogP contribution in [0, 0.1) is 0 Å². The van der Waals surface area contributed by atoms with Crippen molar-refractivity contribution in [1.29, 1.82) is 0 Å². The Hall–Kier alpha value is -4.05. The summed E-state index contributed by atoms with van der Waals surface area (Å²) in [6, 6.07) is 33.4. The van der Waals surface area contributed by atoms with Crippen LogP contribution in [0.15, 0.2) is 103 Å². The summed E-state index contributed by atoms with van der Waals surface area (Å²) in [4.78, 5) is 13.4. The van der Waals surface area contributed by atoms with Crippen LogP contribution in [-0.4, -0.2) is 12.5 Å². The van der Waals surface area contributed by atoms with E-state index >= 15 is 0 Å². The third-order valence-corrected chi connectivity index (χ3v) is 6.28. The second-order valence-corrected chi connectivity index (χ2v) is 10.0. The summed E-state index contributed by atoms with van der Waals surface area (Å²) in [7, 11) is 0. The van der Waals surface area contributed by atoms with Crippen LogP contribution in [-0.2, 0) is 12.0 Å². The number of rotatable bonds is 9. The summed E-state index contributed by atoms with van der Waals surface area (Å²) in [5, 5.41) is 3.22. The van der Waals surface area contributed by atoms with E-state index in [-0.39, 0.29) is 17.4 Å². The highest BCUT2D eigenvalue weighted by molar-refractivity contribution is 5.95. The molecule has 4 aromatic rings. The molecule has 4 rings (SSSR count). The highest BCUT2D eigenvalue weighted by Gasteiger charge is 2.19. The molecule has 0 spiro atoms. The van der Waals surface area contributed by atoms with Crippen molar-refractivity contribution in [2.24, 2.45) is 0 Å². The Bertz CT molecular complexity index is 1250. The lowest BCUT2D eigenvalue weighted by Crippen LogP contribution is -2.29. The van der Waals surface area contributed by atoms with E-state index in [2.05, 4.69) is 38.2 Å². The fourth-order valence-electron chi connectivity index (χ4n) is 4.21. The van der Waals surface area contributed by atoms with Gasteiger partial charge in [-0.3, -0.25) is 4.79 Å². The van der Waals surface area contributed by atoms with Crippen molar-refractivity contribution in [2.75, 3.05) is 6.61 Å². The van der Waals surface area contributed by atoms with Gasteiger partial charge in [0.15, 0.2) is 0 Å². The van der Waals surface area contributed by atoms with Gasteiger partial charge in [-0.05, 0) is 59.4 Å². The summed E-state index contributed by atoms with van der Waals surface area (Å²) in [5.41, 5.74) is 4.76. The van der Waals surface area contributed by atoms with Crippen LogP contribution < -0.4 is 14.8 Å². The second-order valence-electron chi connectivity index (χ2n) is 10.0. The van der Waals surface area contributed by atoms with E-state index < -0.39 is 0 Å². The number of hydrogen-bond donors (Lipinski definition) is 1. The third kappa shape index (κ3) is 6.79. The molecule has 1 N–H and O–H groups in total. The molecule has 190 valence electrons. The van der Waals surface area contributed by atoms with Gasteiger partial charge in [0.25, 0.3) is 5.91 Å². The normalized spacial score (nSPS) is 11.3. The summed E-state index contributed by atoms with van der Waals surface area (Å²) in [6.45, 7) is 9.34. The molecule has 0 fully saturated rings. The minimum Gasteiger partial charge on any atom is -0.493 e. The van der Waals surface area contributed by atoms with Crippen LogP contribution >= 0.6 is 0 Å². The van der Waals surface area contributed by atoms with E-state index in [4.69, 9.17) is 9.47 Å². The van der Waals surface area contributed by atoms with Crippen LogP contribution in [0.1, 0.15) is 66.3 Å². The van der Waals surface area contributed by atoms with Gasteiger partial charge >= 0.3 is 0 Å². The molecule has 0 atom stereocenters. The maximum absolute atomic E-state index is 13.4. The van der Waals surface area contributed by atoms with Crippen molar-refractivity contribution in [3.05, 3.63) is 131 Å².